The van der Waals surface area contributed by atoms with Crippen molar-refractivity contribution >= 4 is 28.9 Å². The summed E-state index contributed by atoms with van der Waals surface area (Å²) in [4.78, 5) is 23.4. The number of aryl methyl sites for hydroxylation is 1. The van der Waals surface area contributed by atoms with Gasteiger partial charge >= 0.3 is 19.5 Å². The first-order valence-corrected chi connectivity index (χ1v) is 12.9. The number of benzene rings is 1. The van der Waals surface area contributed by atoms with Gasteiger partial charge < -0.3 is 9.79 Å². The van der Waals surface area contributed by atoms with Crippen LogP contribution >= 0.6 is 17.1 Å². The van der Waals surface area contributed by atoms with Crippen molar-refractivity contribution in [3.63, 3.8) is 0 Å². The summed E-state index contributed by atoms with van der Waals surface area (Å²) in [5.74, 6) is 0. The third-order valence-electron chi connectivity index (χ3n) is 3.98. The Bertz CT molecular complexity index is 480. The quantitative estimate of drug-likeness (QED) is 0.242. The predicted octanol–water partition coefficient (Wildman–Crippen LogP) is 5.18. The number of rotatable bonds is 13. The molecular formula is C18H29O2PS2Zn. The molecule has 0 aliphatic carbocycles. The van der Waals surface area contributed by atoms with Crippen molar-refractivity contribution in [2.24, 2.45) is 0 Å². The Morgan fingerprint density at radius 3 is 1.92 bits per heavy atom. The zero-order valence-corrected chi connectivity index (χ0v) is 20.4. The first-order chi connectivity index (χ1) is 11.0. The largest absolute Gasteiger partial charge is 2.00 e. The topological polar surface area (TPSA) is 46.1 Å². The van der Waals surface area contributed by atoms with Crippen molar-refractivity contribution in [3.05, 3.63) is 29.8 Å². The van der Waals surface area contributed by atoms with Gasteiger partial charge in [0.15, 0.2) is 0 Å². The maximum Gasteiger partial charge on any atom is 2.00 e. The van der Waals surface area contributed by atoms with Gasteiger partial charge in [-0.15, -0.1) is 23.2 Å². The molecule has 0 atom stereocenters. The Hall–Kier alpha value is 0.763. The average molecular weight is 438 g/mol. The zero-order valence-electron chi connectivity index (χ0n) is 14.9. The van der Waals surface area contributed by atoms with Crippen molar-refractivity contribution in [3.8, 4) is 0 Å². The van der Waals surface area contributed by atoms with E-state index >= 15 is 0 Å². The fraction of sp³-hybridized carbons (Fsp3) is 0.667. The van der Waals surface area contributed by atoms with Gasteiger partial charge in [-0.25, -0.2) is 0 Å². The molecule has 0 aliphatic heterocycles. The monoisotopic (exact) mass is 436 g/mol. The molecule has 0 aliphatic rings. The van der Waals surface area contributed by atoms with Gasteiger partial charge in [0.1, 0.15) is 0 Å². The van der Waals surface area contributed by atoms with Crippen LogP contribution in [0.3, 0.4) is 0 Å². The van der Waals surface area contributed by atoms with E-state index in [-0.39, 0.29) is 19.5 Å². The molecule has 24 heavy (non-hydrogen) atoms. The Morgan fingerprint density at radius 1 is 0.875 bits per heavy atom. The van der Waals surface area contributed by atoms with E-state index in [0.29, 0.717) is 0 Å². The molecule has 0 unspecified atom stereocenters. The van der Waals surface area contributed by atoms with Crippen LogP contribution in [0, 0.1) is 0 Å². The Kier molecular flexibility index (Phi) is 15.4. The molecule has 0 N–H and O–H groups in total. The van der Waals surface area contributed by atoms with Gasteiger partial charge in [-0.3, -0.25) is 0 Å². The van der Waals surface area contributed by atoms with E-state index in [9.17, 15) is 9.79 Å². The molecule has 132 valence electrons. The minimum absolute atomic E-state index is 0. The fourth-order valence-corrected chi connectivity index (χ4v) is 5.37. The summed E-state index contributed by atoms with van der Waals surface area (Å²) in [5, 5.41) is 0. The molecule has 0 spiro atoms. The smallest absolute Gasteiger partial charge is 0.824 e. The summed E-state index contributed by atoms with van der Waals surface area (Å²) in [6, 6.07) is 7.71. The summed E-state index contributed by atoms with van der Waals surface area (Å²) >= 11 is 5.33. The van der Waals surface area contributed by atoms with E-state index < -0.39 is 5.69 Å². The van der Waals surface area contributed by atoms with Gasteiger partial charge in [0.05, 0.1) is 0 Å². The second-order valence-electron chi connectivity index (χ2n) is 6.08. The van der Waals surface area contributed by atoms with Crippen molar-refractivity contribution in [2.45, 2.75) is 82.4 Å². The van der Waals surface area contributed by atoms with Crippen LogP contribution in [0.4, 0.5) is 0 Å². The van der Waals surface area contributed by atoms with Crippen LogP contribution in [0.5, 0.6) is 0 Å². The molecular weight excluding hydrogens is 409 g/mol. The van der Waals surface area contributed by atoms with E-state index in [4.69, 9.17) is 0 Å². The summed E-state index contributed by atoms with van der Waals surface area (Å²) in [6.45, 7) is 2.25. The minimum atomic E-state index is -3.73. The van der Waals surface area contributed by atoms with Crippen LogP contribution in [-0.4, -0.2) is 0 Å². The fourth-order valence-electron chi connectivity index (χ4n) is 2.72. The van der Waals surface area contributed by atoms with Gasteiger partial charge in [-0.2, -0.15) is 5.69 Å². The van der Waals surface area contributed by atoms with Crippen LogP contribution < -0.4 is 9.79 Å². The van der Waals surface area contributed by atoms with Crippen molar-refractivity contribution in [1.82, 2.24) is 0 Å². The Morgan fingerprint density at radius 2 is 1.38 bits per heavy atom. The van der Waals surface area contributed by atoms with Gasteiger partial charge in [-0.1, -0.05) is 82.9 Å². The number of hydrogen-bond acceptors (Lipinski definition) is 4. The molecule has 1 rings (SSSR count). The molecule has 0 fully saturated rings. The average Bonchev–Trinajstić information content (AvgIpc) is 2.49. The van der Waals surface area contributed by atoms with Gasteiger partial charge in [0, 0.05) is 4.90 Å². The Labute approximate surface area is 169 Å². The van der Waals surface area contributed by atoms with Crippen LogP contribution in [0.15, 0.2) is 29.2 Å². The standard InChI is InChI=1S/C18H31O2PS2.Zn/c1-2-3-4-5-6-7-8-9-10-11-14-17-15-12-13-16-18(17)23-21(19,20)22;/h12-13,15-16H,2-11,14H2,1H3,(H2,19,20,22);/q;+2/p-2. The molecule has 0 aromatic heterocycles. The van der Waals surface area contributed by atoms with E-state index in [2.05, 4.69) is 18.7 Å². The first-order valence-electron chi connectivity index (χ1n) is 8.82. The Balaban J connectivity index is 0.00000529. The second kappa shape index (κ2) is 14.9. The minimum Gasteiger partial charge on any atom is -0.824 e. The molecule has 0 radical (unpaired) electrons. The van der Waals surface area contributed by atoms with Crippen LogP contribution in [0.25, 0.3) is 0 Å². The third kappa shape index (κ3) is 13.0. The molecule has 0 amide bonds. The van der Waals surface area contributed by atoms with Gasteiger partial charge in [0.25, 0.3) is 0 Å². The van der Waals surface area contributed by atoms with E-state index in [1.54, 1.807) is 0 Å². The summed E-state index contributed by atoms with van der Waals surface area (Å²) in [7, 11) is 0. The molecule has 1 aromatic rings. The van der Waals surface area contributed by atoms with Gasteiger partial charge in [-0.05, 0) is 24.5 Å². The molecule has 1 aromatic carbocycles. The van der Waals surface area contributed by atoms with Crippen LogP contribution in [0.1, 0.15) is 76.7 Å². The van der Waals surface area contributed by atoms with E-state index in [0.717, 1.165) is 34.7 Å². The first kappa shape index (κ1) is 24.8. The van der Waals surface area contributed by atoms with Crippen LogP contribution in [0.2, 0.25) is 0 Å². The van der Waals surface area contributed by atoms with Gasteiger partial charge in [0.2, 0.25) is 0 Å². The third-order valence-corrected chi connectivity index (χ3v) is 6.73. The summed E-state index contributed by atoms with van der Waals surface area (Å²) in [5.41, 5.74) is -2.62. The molecule has 0 bridgehead atoms. The van der Waals surface area contributed by atoms with Crippen molar-refractivity contribution in [1.29, 1.82) is 0 Å². The maximum atomic E-state index is 11.3. The predicted molar refractivity (Wildman–Crippen MR) is 102 cm³/mol. The van der Waals surface area contributed by atoms with E-state index in [1.165, 1.54) is 57.8 Å². The molecule has 2 nitrogen and oxygen atoms in total. The second-order valence-corrected chi connectivity index (χ2v) is 11.7. The van der Waals surface area contributed by atoms with Crippen LogP contribution in [-0.2, 0) is 37.7 Å². The normalized spacial score (nSPS) is 11.3. The molecule has 6 heteroatoms. The van der Waals surface area contributed by atoms with Crippen molar-refractivity contribution in [2.75, 3.05) is 0 Å². The maximum absolute atomic E-state index is 11.3. The van der Waals surface area contributed by atoms with Crippen molar-refractivity contribution < 1.29 is 29.3 Å². The van der Waals surface area contributed by atoms with E-state index in [1.807, 2.05) is 24.3 Å². The number of unbranched alkanes of at least 4 members (excludes halogenated alkanes) is 9. The molecule has 0 saturated heterocycles. The SMILES string of the molecule is CCCCCCCCCCCCc1ccccc1SP([O-])([O-])=S.[Zn+2]. The number of hydrogen-bond donors (Lipinski definition) is 0. The summed E-state index contributed by atoms with van der Waals surface area (Å²) < 4.78 is 0. The zero-order chi connectivity index (χ0) is 17.0. The molecule has 0 heterocycles. The molecule has 0 saturated carbocycles. The summed E-state index contributed by atoms with van der Waals surface area (Å²) in [6.07, 6.45) is 14.1.